The summed E-state index contributed by atoms with van der Waals surface area (Å²) in [5, 5.41) is 54.9. The number of carbonyl (C=O) groups excluding carboxylic acids is 1. The summed E-state index contributed by atoms with van der Waals surface area (Å²) in [5.41, 5.74) is 0. The molecule has 1 aliphatic heterocycles. The number of aliphatic hydroxyl groups is 5. The molecule has 1 heterocycles. The smallest absolute Gasteiger partial charge is 0.220 e. The zero-order valence-corrected chi connectivity index (χ0v) is 51.4. The van der Waals surface area contributed by atoms with Gasteiger partial charge in [0.1, 0.15) is 24.4 Å². The van der Waals surface area contributed by atoms with Crippen LogP contribution in [-0.4, -0.2) is 87.5 Å². The van der Waals surface area contributed by atoms with Crippen molar-refractivity contribution in [2.75, 3.05) is 13.2 Å². The van der Waals surface area contributed by atoms with E-state index in [0.717, 1.165) is 51.4 Å². The number of ether oxygens (including phenoxy) is 2. The summed E-state index contributed by atoms with van der Waals surface area (Å²) >= 11 is 0. The minimum atomic E-state index is -1.55. The fourth-order valence-electron chi connectivity index (χ4n) is 11.1. The zero-order chi connectivity index (χ0) is 56.5. The molecule has 1 rings (SSSR count). The third-order valence-corrected chi connectivity index (χ3v) is 16.5. The Balaban J connectivity index is 2.10. The van der Waals surface area contributed by atoms with Gasteiger partial charge in [-0.05, 0) is 51.4 Å². The summed E-state index contributed by atoms with van der Waals surface area (Å²) < 4.78 is 11.4. The van der Waals surface area contributed by atoms with Crippen LogP contribution in [-0.2, 0) is 14.3 Å². The molecule has 78 heavy (non-hydrogen) atoms. The van der Waals surface area contributed by atoms with Crippen molar-refractivity contribution in [2.45, 2.75) is 384 Å². The number of rotatable bonds is 60. The van der Waals surface area contributed by atoms with Crippen molar-refractivity contribution >= 4 is 5.91 Å². The van der Waals surface area contributed by atoms with Gasteiger partial charge in [0.25, 0.3) is 0 Å². The van der Waals surface area contributed by atoms with Crippen LogP contribution in [0.15, 0.2) is 36.5 Å². The third kappa shape index (κ3) is 47.0. The van der Waals surface area contributed by atoms with E-state index in [1.54, 1.807) is 0 Å². The highest BCUT2D eigenvalue weighted by Gasteiger charge is 2.44. The summed E-state index contributed by atoms with van der Waals surface area (Å²) in [5.74, 6) is -0.138. The van der Waals surface area contributed by atoms with E-state index in [0.29, 0.717) is 12.8 Å². The normalized spacial score (nSPS) is 18.8. The molecular formula is C69H131NO8. The van der Waals surface area contributed by atoms with E-state index in [1.165, 1.54) is 263 Å². The van der Waals surface area contributed by atoms with Crippen molar-refractivity contribution in [3.8, 4) is 0 Å². The summed E-state index contributed by atoms with van der Waals surface area (Å²) in [6, 6.07) is -0.719. The number of carbonyl (C=O) groups is 1. The highest BCUT2D eigenvalue weighted by molar-refractivity contribution is 5.76. The number of aliphatic hydroxyl groups excluding tert-OH is 5. The molecule has 0 aliphatic carbocycles. The highest BCUT2D eigenvalue weighted by Crippen LogP contribution is 2.24. The van der Waals surface area contributed by atoms with Crippen LogP contribution in [0.3, 0.4) is 0 Å². The fraction of sp³-hybridized carbons (Fsp3) is 0.899. The second-order valence-electron chi connectivity index (χ2n) is 24.0. The molecule has 0 radical (unpaired) electrons. The molecule has 7 unspecified atom stereocenters. The molecule has 0 saturated carbocycles. The summed E-state index contributed by atoms with van der Waals surface area (Å²) in [6.07, 6.45) is 70.6. The van der Waals surface area contributed by atoms with Crippen molar-refractivity contribution in [3.63, 3.8) is 0 Å². The number of hydrogen-bond acceptors (Lipinski definition) is 8. The Morgan fingerprint density at radius 3 is 1.12 bits per heavy atom. The van der Waals surface area contributed by atoms with Crippen LogP contribution < -0.4 is 5.32 Å². The highest BCUT2D eigenvalue weighted by atomic mass is 16.7. The Hall–Kier alpha value is -1.59. The second-order valence-corrected chi connectivity index (χ2v) is 24.0. The maximum Gasteiger partial charge on any atom is 0.220 e. The van der Waals surface area contributed by atoms with Gasteiger partial charge in [0.05, 0.1) is 25.4 Å². The van der Waals surface area contributed by atoms with Crippen LogP contribution in [0.4, 0.5) is 0 Å². The molecule has 1 saturated heterocycles. The standard InChI is InChI=1S/C69H131NO8/c1-3-5-7-9-11-13-15-17-19-21-23-25-27-28-29-30-31-32-33-34-35-36-37-39-41-43-45-47-49-51-53-55-57-59-65(73)70-62(61-77-69-68(76)67(75)66(74)64(60-71)78-69)63(72)58-56-54-52-50-48-46-44-42-40-38-26-24-22-20-18-16-14-12-10-8-6-4-2/h15,17,21,23,27-28,62-64,66-69,71-72,74-76H,3-14,16,18-20,22,24-26,29-61H2,1-2H3,(H,70,73)/b17-15-,23-21-,28-27-. The minimum absolute atomic E-state index is 0.134. The minimum Gasteiger partial charge on any atom is -0.394 e. The van der Waals surface area contributed by atoms with E-state index in [4.69, 9.17) is 9.47 Å². The first kappa shape index (κ1) is 74.4. The van der Waals surface area contributed by atoms with E-state index in [2.05, 4.69) is 55.6 Å². The van der Waals surface area contributed by atoms with Crippen LogP contribution in [0, 0.1) is 0 Å². The van der Waals surface area contributed by atoms with Gasteiger partial charge >= 0.3 is 0 Å². The van der Waals surface area contributed by atoms with Gasteiger partial charge in [0.15, 0.2) is 6.29 Å². The monoisotopic (exact) mass is 1100 g/mol. The van der Waals surface area contributed by atoms with Crippen LogP contribution in [0.1, 0.15) is 341 Å². The molecule has 1 aliphatic rings. The SMILES string of the molecule is CCCCCCC/C=C\C/C=C\C/C=C\CCCCCCCCCCCCCCCCCCCCC(=O)NC(COC1OC(CO)C(O)C(O)C1O)C(O)CCCCCCCCCCCCCCCCCCCCCCCC. The van der Waals surface area contributed by atoms with E-state index in [1.807, 2.05) is 0 Å². The van der Waals surface area contributed by atoms with Gasteiger partial charge in [-0.3, -0.25) is 4.79 Å². The van der Waals surface area contributed by atoms with Gasteiger partial charge in [0, 0.05) is 6.42 Å². The Bertz CT molecular complexity index is 1320. The predicted molar refractivity (Wildman–Crippen MR) is 332 cm³/mol. The Kier molecular flexibility index (Phi) is 55.9. The van der Waals surface area contributed by atoms with Crippen molar-refractivity contribution in [3.05, 3.63) is 36.5 Å². The molecule has 0 aromatic carbocycles. The molecule has 9 nitrogen and oxygen atoms in total. The van der Waals surface area contributed by atoms with Crippen molar-refractivity contribution in [2.24, 2.45) is 0 Å². The Morgan fingerprint density at radius 2 is 0.756 bits per heavy atom. The van der Waals surface area contributed by atoms with Crippen molar-refractivity contribution in [1.82, 2.24) is 5.32 Å². The van der Waals surface area contributed by atoms with Gasteiger partial charge in [-0.2, -0.15) is 0 Å². The maximum absolute atomic E-state index is 13.1. The van der Waals surface area contributed by atoms with Crippen LogP contribution >= 0.6 is 0 Å². The molecule has 0 bridgehead atoms. The molecular weight excluding hydrogens is 971 g/mol. The van der Waals surface area contributed by atoms with Gasteiger partial charge in [-0.25, -0.2) is 0 Å². The van der Waals surface area contributed by atoms with E-state index in [9.17, 15) is 30.3 Å². The second kappa shape index (κ2) is 58.6. The van der Waals surface area contributed by atoms with Gasteiger partial charge in [-0.1, -0.05) is 320 Å². The number of unbranched alkanes of at least 4 members (excludes halogenated alkanes) is 44. The summed E-state index contributed by atoms with van der Waals surface area (Å²) in [4.78, 5) is 13.1. The number of nitrogens with one attached hydrogen (secondary N) is 1. The number of allylic oxidation sites excluding steroid dienone is 6. The average molecular weight is 1100 g/mol. The van der Waals surface area contributed by atoms with Crippen molar-refractivity contribution < 1.29 is 39.8 Å². The lowest BCUT2D eigenvalue weighted by Gasteiger charge is -2.40. The first-order valence-electron chi connectivity index (χ1n) is 34.2. The Labute approximate surface area is 482 Å². The van der Waals surface area contributed by atoms with Gasteiger partial charge in [0.2, 0.25) is 5.91 Å². The Morgan fingerprint density at radius 1 is 0.436 bits per heavy atom. The summed E-state index contributed by atoms with van der Waals surface area (Å²) in [7, 11) is 0. The summed E-state index contributed by atoms with van der Waals surface area (Å²) in [6.45, 7) is 3.87. The maximum atomic E-state index is 13.1. The fourth-order valence-corrected chi connectivity index (χ4v) is 11.1. The molecule has 0 spiro atoms. The number of hydrogen-bond donors (Lipinski definition) is 6. The lowest BCUT2D eigenvalue weighted by molar-refractivity contribution is -0.302. The van der Waals surface area contributed by atoms with Gasteiger partial charge in [-0.15, -0.1) is 0 Å². The largest absolute Gasteiger partial charge is 0.394 e. The zero-order valence-electron chi connectivity index (χ0n) is 51.4. The topological polar surface area (TPSA) is 149 Å². The lowest BCUT2D eigenvalue weighted by Crippen LogP contribution is -2.60. The molecule has 7 atom stereocenters. The number of amides is 1. The first-order chi connectivity index (χ1) is 38.3. The average Bonchev–Trinajstić information content (AvgIpc) is 3.45. The molecule has 1 amide bonds. The van der Waals surface area contributed by atoms with Crippen LogP contribution in [0.25, 0.3) is 0 Å². The lowest BCUT2D eigenvalue weighted by atomic mass is 9.99. The molecule has 460 valence electrons. The van der Waals surface area contributed by atoms with Crippen molar-refractivity contribution in [1.29, 1.82) is 0 Å². The van der Waals surface area contributed by atoms with E-state index in [-0.39, 0.29) is 12.5 Å². The molecule has 0 aromatic rings. The van der Waals surface area contributed by atoms with Gasteiger partial charge < -0.3 is 40.3 Å². The quantitative estimate of drug-likeness (QED) is 0.0261. The van der Waals surface area contributed by atoms with Crippen LogP contribution in [0.5, 0.6) is 0 Å². The molecule has 6 N–H and O–H groups in total. The van der Waals surface area contributed by atoms with Crippen LogP contribution in [0.2, 0.25) is 0 Å². The molecule has 0 aromatic heterocycles. The predicted octanol–water partition coefficient (Wildman–Crippen LogP) is 18.3. The van der Waals surface area contributed by atoms with E-state index < -0.39 is 49.5 Å². The van der Waals surface area contributed by atoms with E-state index >= 15 is 0 Å². The third-order valence-electron chi connectivity index (χ3n) is 16.5. The first-order valence-corrected chi connectivity index (χ1v) is 34.2. The molecule has 1 fully saturated rings. The molecule has 9 heteroatoms.